The number of hydrogen-bond acceptors (Lipinski definition) is 1. The van der Waals surface area contributed by atoms with E-state index in [0.717, 1.165) is 17.0 Å². The van der Waals surface area contributed by atoms with Gasteiger partial charge in [-0.05, 0) is 36.1 Å². The number of nitrogens with two attached hydrogens (primary N) is 2. The fourth-order valence-corrected chi connectivity index (χ4v) is 2.39. The summed E-state index contributed by atoms with van der Waals surface area (Å²) in [6.45, 7) is 3.86. The SMILES string of the molecule is C=C(N=C(N)N)C1CC1c1cc(Cl)ccc1Cl. The van der Waals surface area contributed by atoms with Gasteiger partial charge in [0.2, 0.25) is 0 Å². The topological polar surface area (TPSA) is 64.4 Å². The summed E-state index contributed by atoms with van der Waals surface area (Å²) in [5, 5.41) is 1.40. The Bertz CT molecular complexity index is 493. The molecule has 0 aromatic heterocycles. The Hall–Kier alpha value is -1.19. The third-order valence-corrected chi connectivity index (χ3v) is 3.43. The Morgan fingerprint density at radius 2 is 2.06 bits per heavy atom. The lowest BCUT2D eigenvalue weighted by Gasteiger charge is -2.04. The highest BCUT2D eigenvalue weighted by Gasteiger charge is 2.41. The monoisotopic (exact) mass is 269 g/mol. The summed E-state index contributed by atoms with van der Waals surface area (Å²) < 4.78 is 0. The van der Waals surface area contributed by atoms with Gasteiger partial charge >= 0.3 is 0 Å². The molecular formula is C12H13Cl2N3. The van der Waals surface area contributed by atoms with Crippen LogP contribution < -0.4 is 11.5 Å². The number of benzene rings is 1. The molecule has 0 bridgehead atoms. The fourth-order valence-electron chi connectivity index (χ4n) is 1.95. The maximum absolute atomic E-state index is 6.13. The van der Waals surface area contributed by atoms with Gasteiger partial charge in [0.15, 0.2) is 5.96 Å². The number of allylic oxidation sites excluding steroid dienone is 1. The zero-order valence-corrected chi connectivity index (χ0v) is 10.7. The van der Waals surface area contributed by atoms with E-state index in [2.05, 4.69) is 11.6 Å². The first-order valence-corrected chi connectivity index (χ1v) is 5.98. The lowest BCUT2D eigenvalue weighted by atomic mass is 10.1. The van der Waals surface area contributed by atoms with Crippen LogP contribution in [0, 0.1) is 5.92 Å². The highest BCUT2D eigenvalue weighted by molar-refractivity contribution is 6.33. The van der Waals surface area contributed by atoms with Crippen LogP contribution in [-0.4, -0.2) is 5.96 Å². The summed E-state index contributed by atoms with van der Waals surface area (Å²) in [6, 6.07) is 5.46. The van der Waals surface area contributed by atoms with Crippen molar-refractivity contribution in [2.24, 2.45) is 22.4 Å². The fraction of sp³-hybridized carbons (Fsp3) is 0.250. The van der Waals surface area contributed by atoms with E-state index in [-0.39, 0.29) is 11.9 Å². The lowest BCUT2D eigenvalue weighted by molar-refractivity contribution is 0.925. The number of guanidine groups is 1. The van der Waals surface area contributed by atoms with Crippen molar-refractivity contribution in [2.45, 2.75) is 12.3 Å². The maximum atomic E-state index is 6.13. The molecule has 2 unspecified atom stereocenters. The summed E-state index contributed by atoms with van der Waals surface area (Å²) >= 11 is 12.1. The zero-order chi connectivity index (χ0) is 12.6. The molecule has 4 N–H and O–H groups in total. The van der Waals surface area contributed by atoms with Gasteiger partial charge in [-0.15, -0.1) is 0 Å². The van der Waals surface area contributed by atoms with Gasteiger partial charge in [-0.2, -0.15) is 0 Å². The molecule has 2 rings (SSSR count). The van der Waals surface area contributed by atoms with Crippen LogP contribution in [0.25, 0.3) is 0 Å². The van der Waals surface area contributed by atoms with Gasteiger partial charge < -0.3 is 11.5 Å². The highest BCUT2D eigenvalue weighted by Crippen LogP contribution is 2.53. The van der Waals surface area contributed by atoms with Crippen molar-refractivity contribution < 1.29 is 0 Å². The van der Waals surface area contributed by atoms with Crippen molar-refractivity contribution in [1.82, 2.24) is 0 Å². The van der Waals surface area contributed by atoms with E-state index in [9.17, 15) is 0 Å². The number of rotatable bonds is 3. The second-order valence-corrected chi connectivity index (χ2v) is 4.99. The van der Waals surface area contributed by atoms with Crippen molar-refractivity contribution in [3.63, 3.8) is 0 Å². The molecule has 0 spiro atoms. The van der Waals surface area contributed by atoms with E-state index < -0.39 is 0 Å². The number of nitrogens with zero attached hydrogens (tertiary/aromatic N) is 1. The minimum absolute atomic E-state index is 0.0397. The number of aliphatic imine (C=N–C) groups is 1. The molecule has 1 aromatic carbocycles. The largest absolute Gasteiger partial charge is 0.370 e. The molecule has 1 aliphatic rings. The van der Waals surface area contributed by atoms with Gasteiger partial charge in [-0.1, -0.05) is 29.8 Å². The van der Waals surface area contributed by atoms with Crippen LogP contribution in [-0.2, 0) is 0 Å². The van der Waals surface area contributed by atoms with E-state index in [0.29, 0.717) is 16.6 Å². The van der Waals surface area contributed by atoms with Crippen LogP contribution in [0.3, 0.4) is 0 Å². The molecule has 17 heavy (non-hydrogen) atoms. The Morgan fingerprint density at radius 3 is 2.71 bits per heavy atom. The van der Waals surface area contributed by atoms with E-state index >= 15 is 0 Å². The summed E-state index contributed by atoms with van der Waals surface area (Å²) in [5.41, 5.74) is 12.4. The molecule has 1 fully saturated rings. The van der Waals surface area contributed by atoms with Crippen LogP contribution in [0.5, 0.6) is 0 Å². The molecule has 5 heteroatoms. The molecule has 1 aliphatic carbocycles. The summed E-state index contributed by atoms with van der Waals surface area (Å²) in [4.78, 5) is 3.97. The Labute approximate surface area is 110 Å². The van der Waals surface area contributed by atoms with Gasteiger partial charge in [0.1, 0.15) is 0 Å². The minimum Gasteiger partial charge on any atom is -0.370 e. The molecule has 90 valence electrons. The molecule has 0 saturated heterocycles. The normalized spacial score (nSPS) is 22.0. The predicted octanol–water partition coefficient (Wildman–Crippen LogP) is 2.88. The van der Waals surface area contributed by atoms with E-state index in [1.807, 2.05) is 6.07 Å². The quantitative estimate of drug-likeness (QED) is 0.655. The summed E-state index contributed by atoms with van der Waals surface area (Å²) in [7, 11) is 0. The highest BCUT2D eigenvalue weighted by atomic mass is 35.5. The van der Waals surface area contributed by atoms with Gasteiger partial charge in [0.05, 0.1) is 0 Å². The third-order valence-electron chi connectivity index (χ3n) is 2.85. The van der Waals surface area contributed by atoms with Crippen molar-refractivity contribution in [2.75, 3.05) is 0 Å². The van der Waals surface area contributed by atoms with Gasteiger partial charge in [0.25, 0.3) is 0 Å². The molecule has 3 nitrogen and oxygen atoms in total. The summed E-state index contributed by atoms with van der Waals surface area (Å²) in [6.07, 6.45) is 0.954. The molecule has 0 aliphatic heterocycles. The number of hydrogen-bond donors (Lipinski definition) is 2. The molecule has 1 saturated carbocycles. The Morgan fingerprint density at radius 1 is 1.35 bits per heavy atom. The lowest BCUT2D eigenvalue weighted by Crippen LogP contribution is -2.22. The van der Waals surface area contributed by atoms with Crippen molar-refractivity contribution >= 4 is 29.2 Å². The van der Waals surface area contributed by atoms with E-state index in [1.165, 1.54) is 0 Å². The van der Waals surface area contributed by atoms with Crippen molar-refractivity contribution in [1.29, 1.82) is 0 Å². The standard InChI is InChI=1S/C12H13Cl2N3/c1-6(17-12(15)16)8-5-9(8)10-4-7(13)2-3-11(10)14/h2-4,8-9H,1,5H2,(H4,15,16,17). The summed E-state index contributed by atoms with van der Waals surface area (Å²) in [5.74, 6) is 0.614. The van der Waals surface area contributed by atoms with E-state index in [1.54, 1.807) is 12.1 Å². The number of halogens is 2. The maximum Gasteiger partial charge on any atom is 0.190 e. The zero-order valence-electron chi connectivity index (χ0n) is 9.16. The van der Waals surface area contributed by atoms with Crippen LogP contribution in [0.1, 0.15) is 17.9 Å². The minimum atomic E-state index is 0.0397. The Balaban J connectivity index is 2.15. The van der Waals surface area contributed by atoms with Crippen LogP contribution in [0.15, 0.2) is 35.5 Å². The molecule has 2 atom stereocenters. The van der Waals surface area contributed by atoms with Crippen LogP contribution in [0.4, 0.5) is 0 Å². The van der Waals surface area contributed by atoms with Gasteiger partial charge in [-0.3, -0.25) is 0 Å². The van der Waals surface area contributed by atoms with Crippen molar-refractivity contribution in [3.05, 3.63) is 46.1 Å². The molecular weight excluding hydrogens is 257 g/mol. The second kappa shape index (κ2) is 4.59. The van der Waals surface area contributed by atoms with E-state index in [4.69, 9.17) is 34.7 Å². The first-order chi connectivity index (χ1) is 7.99. The molecule has 0 heterocycles. The third kappa shape index (κ3) is 2.73. The average Bonchev–Trinajstić information content (AvgIpc) is 3.00. The van der Waals surface area contributed by atoms with Gasteiger partial charge in [-0.25, -0.2) is 4.99 Å². The first-order valence-electron chi connectivity index (χ1n) is 5.22. The first kappa shape index (κ1) is 12.3. The van der Waals surface area contributed by atoms with Crippen molar-refractivity contribution in [3.8, 4) is 0 Å². The smallest absolute Gasteiger partial charge is 0.190 e. The molecule has 0 radical (unpaired) electrons. The van der Waals surface area contributed by atoms with Gasteiger partial charge in [0, 0.05) is 21.7 Å². The predicted molar refractivity (Wildman–Crippen MR) is 72.3 cm³/mol. The van der Waals surface area contributed by atoms with Crippen LogP contribution >= 0.6 is 23.2 Å². The second-order valence-electron chi connectivity index (χ2n) is 4.14. The average molecular weight is 270 g/mol. The molecule has 1 aromatic rings. The van der Waals surface area contributed by atoms with Crippen LogP contribution in [0.2, 0.25) is 10.0 Å². The Kier molecular flexibility index (Phi) is 3.31. The molecule has 0 amide bonds.